The lowest BCUT2D eigenvalue weighted by Crippen LogP contribution is -1.90. The van der Waals surface area contributed by atoms with Gasteiger partial charge in [0.25, 0.3) is 0 Å². The molecule has 0 aliphatic heterocycles. The molecule has 1 heteroatoms. The van der Waals surface area contributed by atoms with E-state index in [0.29, 0.717) is 0 Å². The van der Waals surface area contributed by atoms with E-state index in [1.807, 2.05) is 6.08 Å². The van der Waals surface area contributed by atoms with Gasteiger partial charge in [0.15, 0.2) is 0 Å². The van der Waals surface area contributed by atoms with Gasteiger partial charge in [0.1, 0.15) is 0 Å². The lowest BCUT2D eigenvalue weighted by Gasteiger charge is -2.08. The molecule has 0 unspecified atom stereocenters. The quantitative estimate of drug-likeness (QED) is 0.675. The lowest BCUT2D eigenvalue weighted by molar-refractivity contribution is 0.921. The van der Waals surface area contributed by atoms with Crippen molar-refractivity contribution < 1.29 is 0 Å². The van der Waals surface area contributed by atoms with Gasteiger partial charge in [-0.1, -0.05) is 49.7 Å². The maximum atomic E-state index is 6.22. The summed E-state index contributed by atoms with van der Waals surface area (Å²) in [6.07, 6.45) is 4.00. The van der Waals surface area contributed by atoms with E-state index in [1.54, 1.807) is 0 Å². The number of rotatable bonds is 3. The Morgan fingerprint density at radius 3 is 2.69 bits per heavy atom. The fraction of sp³-hybridized carbons (Fsp3) is 0.333. The molecule has 1 aromatic rings. The van der Waals surface area contributed by atoms with Crippen molar-refractivity contribution in [2.75, 3.05) is 0 Å². The minimum absolute atomic E-state index is 0.872. The summed E-state index contributed by atoms with van der Waals surface area (Å²) in [7, 11) is 0. The number of halogens is 1. The van der Waals surface area contributed by atoms with E-state index in [9.17, 15) is 0 Å². The van der Waals surface area contributed by atoms with Gasteiger partial charge in [-0.05, 0) is 30.0 Å². The molecule has 0 saturated carbocycles. The first-order valence-electron chi connectivity index (χ1n) is 4.61. The van der Waals surface area contributed by atoms with Crippen LogP contribution >= 0.6 is 11.6 Å². The molecule has 0 atom stereocenters. The third-order valence-corrected chi connectivity index (χ3v) is 2.65. The van der Waals surface area contributed by atoms with Crippen LogP contribution < -0.4 is 0 Å². The standard InChI is InChI=1S/C12H15Cl/c1-4-6-10-8-7-9(3)11(5-2)12(10)13/h5,7-8H,2,4,6H2,1,3H3. The Labute approximate surface area is 85.2 Å². The molecule has 13 heavy (non-hydrogen) atoms. The molecule has 0 bridgehead atoms. The van der Waals surface area contributed by atoms with Crippen LogP contribution in [0.3, 0.4) is 0 Å². The summed E-state index contributed by atoms with van der Waals surface area (Å²) < 4.78 is 0. The molecule has 0 fully saturated rings. The third-order valence-electron chi connectivity index (χ3n) is 2.20. The number of aryl methyl sites for hydroxylation is 2. The van der Waals surface area contributed by atoms with Gasteiger partial charge < -0.3 is 0 Å². The smallest absolute Gasteiger partial charge is 0.0512 e. The van der Waals surface area contributed by atoms with Gasteiger partial charge in [-0.25, -0.2) is 0 Å². The molecular weight excluding hydrogens is 180 g/mol. The Hall–Kier alpha value is -0.750. The van der Waals surface area contributed by atoms with Crippen LogP contribution in [-0.4, -0.2) is 0 Å². The molecule has 0 spiro atoms. The molecule has 0 radical (unpaired) electrons. The molecule has 0 saturated heterocycles. The molecule has 0 aromatic heterocycles. The molecule has 0 N–H and O–H groups in total. The van der Waals surface area contributed by atoms with Crippen molar-refractivity contribution in [1.29, 1.82) is 0 Å². The van der Waals surface area contributed by atoms with E-state index < -0.39 is 0 Å². The first kappa shape index (κ1) is 10.3. The summed E-state index contributed by atoms with van der Waals surface area (Å²) in [4.78, 5) is 0. The molecule has 0 heterocycles. The third kappa shape index (κ3) is 2.13. The predicted octanol–water partition coefficient (Wildman–Crippen LogP) is 4.24. The van der Waals surface area contributed by atoms with Gasteiger partial charge in [0.2, 0.25) is 0 Å². The summed E-state index contributed by atoms with van der Waals surface area (Å²) in [5.74, 6) is 0. The fourth-order valence-electron chi connectivity index (χ4n) is 1.45. The van der Waals surface area contributed by atoms with E-state index >= 15 is 0 Å². The first-order valence-corrected chi connectivity index (χ1v) is 4.99. The highest BCUT2D eigenvalue weighted by Gasteiger charge is 2.05. The highest BCUT2D eigenvalue weighted by atomic mass is 35.5. The van der Waals surface area contributed by atoms with Crippen LogP contribution in [-0.2, 0) is 6.42 Å². The van der Waals surface area contributed by atoms with E-state index in [2.05, 4.69) is 32.6 Å². The average Bonchev–Trinajstić information content (AvgIpc) is 2.11. The van der Waals surface area contributed by atoms with Crippen LogP contribution in [0.4, 0.5) is 0 Å². The van der Waals surface area contributed by atoms with Crippen molar-refractivity contribution in [3.63, 3.8) is 0 Å². The number of benzene rings is 1. The monoisotopic (exact) mass is 194 g/mol. The molecule has 0 aliphatic rings. The Kier molecular flexibility index (Phi) is 3.56. The summed E-state index contributed by atoms with van der Waals surface area (Å²) >= 11 is 6.22. The number of hydrogen-bond acceptors (Lipinski definition) is 0. The predicted molar refractivity (Wildman–Crippen MR) is 60.3 cm³/mol. The second-order valence-electron chi connectivity index (χ2n) is 3.22. The van der Waals surface area contributed by atoms with Gasteiger partial charge in [0, 0.05) is 0 Å². The van der Waals surface area contributed by atoms with Crippen molar-refractivity contribution >= 4 is 17.7 Å². The Morgan fingerprint density at radius 1 is 1.46 bits per heavy atom. The van der Waals surface area contributed by atoms with Gasteiger partial charge in [-0.2, -0.15) is 0 Å². The normalized spacial score (nSPS) is 10.1. The average molecular weight is 195 g/mol. The van der Waals surface area contributed by atoms with E-state index in [4.69, 9.17) is 11.6 Å². The molecule has 1 aromatic carbocycles. The second kappa shape index (κ2) is 4.48. The van der Waals surface area contributed by atoms with Crippen LogP contribution in [0.25, 0.3) is 6.08 Å². The molecule has 70 valence electrons. The van der Waals surface area contributed by atoms with E-state index in [-0.39, 0.29) is 0 Å². The molecule has 1 rings (SSSR count). The van der Waals surface area contributed by atoms with Crippen LogP contribution in [0.2, 0.25) is 5.02 Å². The summed E-state index contributed by atoms with van der Waals surface area (Å²) in [5.41, 5.74) is 3.50. The van der Waals surface area contributed by atoms with Gasteiger partial charge in [0.05, 0.1) is 5.02 Å². The zero-order valence-corrected chi connectivity index (χ0v) is 8.99. The van der Waals surface area contributed by atoms with Crippen molar-refractivity contribution in [3.8, 4) is 0 Å². The second-order valence-corrected chi connectivity index (χ2v) is 3.60. The van der Waals surface area contributed by atoms with Crippen LogP contribution in [0.15, 0.2) is 18.7 Å². The Balaban J connectivity index is 3.19. The van der Waals surface area contributed by atoms with Gasteiger partial charge in [-0.15, -0.1) is 0 Å². The molecule has 0 amide bonds. The van der Waals surface area contributed by atoms with Crippen LogP contribution in [0.5, 0.6) is 0 Å². The van der Waals surface area contributed by atoms with Crippen molar-refractivity contribution in [2.24, 2.45) is 0 Å². The summed E-state index contributed by atoms with van der Waals surface area (Å²) in [6.45, 7) is 7.98. The van der Waals surface area contributed by atoms with Gasteiger partial charge in [-0.3, -0.25) is 0 Å². The number of hydrogen-bond donors (Lipinski definition) is 0. The molecule has 0 aliphatic carbocycles. The largest absolute Gasteiger partial charge is 0.0984 e. The SMILES string of the molecule is C=Cc1c(C)ccc(CCC)c1Cl. The minimum Gasteiger partial charge on any atom is -0.0984 e. The Bertz CT molecular complexity index is 313. The summed E-state index contributed by atoms with van der Waals surface area (Å²) in [5, 5.41) is 0.872. The van der Waals surface area contributed by atoms with Gasteiger partial charge >= 0.3 is 0 Å². The van der Waals surface area contributed by atoms with Crippen LogP contribution in [0, 0.1) is 6.92 Å². The highest BCUT2D eigenvalue weighted by molar-refractivity contribution is 6.33. The molecule has 0 nitrogen and oxygen atoms in total. The molecular formula is C12H15Cl. The lowest BCUT2D eigenvalue weighted by atomic mass is 10.0. The van der Waals surface area contributed by atoms with Crippen molar-refractivity contribution in [2.45, 2.75) is 26.7 Å². The van der Waals surface area contributed by atoms with Crippen molar-refractivity contribution in [1.82, 2.24) is 0 Å². The minimum atomic E-state index is 0.872. The highest BCUT2D eigenvalue weighted by Crippen LogP contribution is 2.26. The van der Waals surface area contributed by atoms with Crippen LogP contribution in [0.1, 0.15) is 30.0 Å². The topological polar surface area (TPSA) is 0 Å². The first-order chi connectivity index (χ1) is 6.20. The maximum absolute atomic E-state index is 6.22. The zero-order chi connectivity index (χ0) is 9.84. The summed E-state index contributed by atoms with van der Waals surface area (Å²) in [6, 6.07) is 4.21. The van der Waals surface area contributed by atoms with E-state index in [1.165, 1.54) is 11.1 Å². The maximum Gasteiger partial charge on any atom is 0.0512 e. The zero-order valence-electron chi connectivity index (χ0n) is 8.23. The van der Waals surface area contributed by atoms with E-state index in [0.717, 1.165) is 23.4 Å². The Morgan fingerprint density at radius 2 is 2.15 bits per heavy atom. The fourth-order valence-corrected chi connectivity index (χ4v) is 1.83. The van der Waals surface area contributed by atoms with Crippen molar-refractivity contribution in [3.05, 3.63) is 40.4 Å².